The predicted octanol–water partition coefficient (Wildman–Crippen LogP) is 3.34. The van der Waals surface area contributed by atoms with Gasteiger partial charge in [-0.05, 0) is 43.5 Å². The van der Waals surface area contributed by atoms with E-state index in [1.807, 2.05) is 12.1 Å². The second kappa shape index (κ2) is 6.73. The Hall–Kier alpha value is -2.59. The highest BCUT2D eigenvalue weighted by molar-refractivity contribution is 6.08. The fraction of sp³-hybridized carbons (Fsp3) is 0.286. The van der Waals surface area contributed by atoms with Gasteiger partial charge in [-0.1, -0.05) is 30.3 Å². The Labute approximate surface area is 148 Å². The summed E-state index contributed by atoms with van der Waals surface area (Å²) in [6, 6.07) is 13.0. The van der Waals surface area contributed by atoms with Gasteiger partial charge < -0.3 is 15.2 Å². The SMILES string of the molecule is COc1ccc2c(c1)/C(=C/C(=O)c1ccc(CO)cc1)NC(C)(C)C2. The van der Waals surface area contributed by atoms with Gasteiger partial charge >= 0.3 is 0 Å². The first-order valence-electron chi connectivity index (χ1n) is 8.33. The third kappa shape index (κ3) is 3.74. The quantitative estimate of drug-likeness (QED) is 0.664. The van der Waals surface area contributed by atoms with Gasteiger partial charge in [-0.2, -0.15) is 0 Å². The first-order valence-corrected chi connectivity index (χ1v) is 8.33. The van der Waals surface area contributed by atoms with Crippen molar-refractivity contribution in [2.24, 2.45) is 0 Å². The molecular weight excluding hydrogens is 314 g/mol. The highest BCUT2D eigenvalue weighted by Crippen LogP contribution is 2.32. The van der Waals surface area contributed by atoms with Crippen LogP contribution in [0.4, 0.5) is 0 Å². The summed E-state index contributed by atoms with van der Waals surface area (Å²) < 4.78 is 5.33. The van der Waals surface area contributed by atoms with Gasteiger partial charge in [-0.3, -0.25) is 4.79 Å². The van der Waals surface area contributed by atoms with Gasteiger partial charge in [0.05, 0.1) is 13.7 Å². The summed E-state index contributed by atoms with van der Waals surface area (Å²) in [5.41, 5.74) is 4.25. The van der Waals surface area contributed by atoms with E-state index in [4.69, 9.17) is 9.84 Å². The van der Waals surface area contributed by atoms with E-state index in [2.05, 4.69) is 25.2 Å². The van der Waals surface area contributed by atoms with Crippen LogP contribution in [0.15, 0.2) is 48.5 Å². The number of ether oxygens (including phenoxy) is 1. The lowest BCUT2D eigenvalue weighted by molar-refractivity contribution is 0.104. The van der Waals surface area contributed by atoms with Gasteiger partial charge in [0.1, 0.15) is 5.75 Å². The van der Waals surface area contributed by atoms with E-state index in [-0.39, 0.29) is 17.9 Å². The smallest absolute Gasteiger partial charge is 0.187 e. The molecule has 1 aliphatic rings. The molecule has 0 atom stereocenters. The lowest BCUT2D eigenvalue weighted by atomic mass is 9.85. The number of rotatable bonds is 4. The molecule has 3 rings (SSSR count). The zero-order valence-corrected chi connectivity index (χ0v) is 14.8. The molecule has 4 nitrogen and oxygen atoms in total. The van der Waals surface area contributed by atoms with E-state index < -0.39 is 0 Å². The monoisotopic (exact) mass is 337 g/mol. The second-order valence-electron chi connectivity index (χ2n) is 6.99. The largest absolute Gasteiger partial charge is 0.497 e. The third-order valence-electron chi connectivity index (χ3n) is 4.41. The molecule has 0 radical (unpaired) electrons. The molecule has 0 aromatic heterocycles. The van der Waals surface area contributed by atoms with E-state index >= 15 is 0 Å². The molecule has 2 N–H and O–H groups in total. The van der Waals surface area contributed by atoms with Crippen LogP contribution < -0.4 is 10.1 Å². The molecule has 0 fully saturated rings. The highest BCUT2D eigenvalue weighted by atomic mass is 16.5. The second-order valence-corrected chi connectivity index (χ2v) is 6.99. The zero-order valence-electron chi connectivity index (χ0n) is 14.8. The molecule has 1 heterocycles. The minimum atomic E-state index is -0.131. The van der Waals surface area contributed by atoms with Gasteiger partial charge in [-0.15, -0.1) is 0 Å². The lowest BCUT2D eigenvalue weighted by Crippen LogP contribution is -2.43. The molecule has 0 bridgehead atoms. The van der Waals surface area contributed by atoms with Crippen molar-refractivity contribution >= 4 is 11.5 Å². The van der Waals surface area contributed by atoms with Crippen molar-refractivity contribution in [1.82, 2.24) is 5.32 Å². The topological polar surface area (TPSA) is 58.6 Å². The van der Waals surface area contributed by atoms with E-state index in [1.165, 1.54) is 5.56 Å². The molecule has 0 saturated heterocycles. The number of aliphatic hydroxyl groups is 1. The summed E-state index contributed by atoms with van der Waals surface area (Å²) in [5, 5.41) is 12.6. The zero-order chi connectivity index (χ0) is 18.0. The van der Waals surface area contributed by atoms with Crippen molar-refractivity contribution < 1.29 is 14.6 Å². The van der Waals surface area contributed by atoms with Crippen molar-refractivity contribution in [2.75, 3.05) is 7.11 Å². The number of hydrogen-bond donors (Lipinski definition) is 2. The van der Waals surface area contributed by atoms with Crippen LogP contribution in [0.25, 0.3) is 5.70 Å². The van der Waals surface area contributed by atoms with Crippen molar-refractivity contribution in [3.8, 4) is 5.75 Å². The first kappa shape index (κ1) is 17.2. The van der Waals surface area contributed by atoms with Crippen molar-refractivity contribution in [1.29, 1.82) is 0 Å². The Bertz CT molecular complexity index is 820. The fourth-order valence-corrected chi connectivity index (χ4v) is 3.14. The number of nitrogens with one attached hydrogen (secondary N) is 1. The molecule has 4 heteroatoms. The van der Waals surface area contributed by atoms with Crippen LogP contribution in [-0.2, 0) is 13.0 Å². The molecule has 1 aliphatic heterocycles. The van der Waals surface area contributed by atoms with E-state index in [9.17, 15) is 4.79 Å². The summed E-state index contributed by atoms with van der Waals surface area (Å²) in [6.45, 7) is 4.21. The van der Waals surface area contributed by atoms with Crippen LogP contribution in [0, 0.1) is 0 Å². The number of benzene rings is 2. The van der Waals surface area contributed by atoms with E-state index in [0.717, 1.165) is 29.0 Å². The summed E-state index contributed by atoms with van der Waals surface area (Å²) >= 11 is 0. The average molecular weight is 337 g/mol. The van der Waals surface area contributed by atoms with Crippen molar-refractivity contribution in [3.63, 3.8) is 0 Å². The number of carbonyl (C=O) groups excluding carboxylic acids is 1. The highest BCUT2D eigenvalue weighted by Gasteiger charge is 2.28. The van der Waals surface area contributed by atoms with Crippen LogP contribution in [0.3, 0.4) is 0 Å². The summed E-state index contributed by atoms with van der Waals surface area (Å²) in [7, 11) is 1.64. The van der Waals surface area contributed by atoms with Crippen LogP contribution in [0.1, 0.15) is 40.9 Å². The Morgan fingerprint density at radius 1 is 1.24 bits per heavy atom. The van der Waals surface area contributed by atoms with Crippen molar-refractivity contribution in [2.45, 2.75) is 32.4 Å². The van der Waals surface area contributed by atoms with Gasteiger partial charge in [-0.25, -0.2) is 0 Å². The number of methoxy groups -OCH3 is 1. The molecule has 0 spiro atoms. The Kier molecular flexibility index (Phi) is 4.64. The maximum Gasteiger partial charge on any atom is 0.187 e. The summed E-state index contributed by atoms with van der Waals surface area (Å²) in [5.74, 6) is 0.698. The predicted molar refractivity (Wildman–Crippen MR) is 98.6 cm³/mol. The Morgan fingerprint density at radius 2 is 1.96 bits per heavy atom. The molecule has 2 aromatic rings. The van der Waals surface area contributed by atoms with Crippen LogP contribution in [0.5, 0.6) is 5.75 Å². The van der Waals surface area contributed by atoms with Crippen LogP contribution in [-0.4, -0.2) is 23.5 Å². The van der Waals surface area contributed by atoms with Crippen molar-refractivity contribution in [3.05, 3.63) is 70.8 Å². The minimum absolute atomic E-state index is 0.0293. The molecule has 0 aliphatic carbocycles. The molecule has 2 aromatic carbocycles. The third-order valence-corrected chi connectivity index (χ3v) is 4.41. The van der Waals surface area contributed by atoms with Crippen LogP contribution >= 0.6 is 0 Å². The number of allylic oxidation sites excluding steroid dienone is 1. The lowest BCUT2D eigenvalue weighted by Gasteiger charge is -2.35. The number of carbonyl (C=O) groups is 1. The fourth-order valence-electron chi connectivity index (χ4n) is 3.14. The molecule has 25 heavy (non-hydrogen) atoms. The number of hydrogen-bond acceptors (Lipinski definition) is 4. The standard InChI is InChI=1S/C21H23NO3/c1-21(2)12-16-8-9-17(25-3)10-18(16)19(22-21)11-20(24)15-6-4-14(13-23)5-7-15/h4-11,22-23H,12-13H2,1-3H3/b19-11-. The normalized spacial score (nSPS) is 16.9. The number of fused-ring (bicyclic) bond motifs is 1. The average Bonchev–Trinajstić information content (AvgIpc) is 2.60. The van der Waals surface area contributed by atoms with Gasteiger partial charge in [0.2, 0.25) is 0 Å². The first-order chi connectivity index (χ1) is 11.9. The maximum absolute atomic E-state index is 12.7. The Balaban J connectivity index is 1.99. The van der Waals surface area contributed by atoms with Gasteiger partial charge in [0.15, 0.2) is 5.78 Å². The number of ketones is 1. The van der Waals surface area contributed by atoms with Gasteiger partial charge in [0.25, 0.3) is 0 Å². The summed E-state index contributed by atoms with van der Waals surface area (Å²) in [4.78, 5) is 12.7. The summed E-state index contributed by atoms with van der Waals surface area (Å²) in [6.07, 6.45) is 2.52. The van der Waals surface area contributed by atoms with Crippen LogP contribution in [0.2, 0.25) is 0 Å². The molecular formula is C21H23NO3. The molecule has 130 valence electrons. The van der Waals surface area contributed by atoms with E-state index in [1.54, 1.807) is 37.5 Å². The molecule has 0 amide bonds. The Morgan fingerprint density at radius 3 is 2.60 bits per heavy atom. The molecule has 0 saturated carbocycles. The minimum Gasteiger partial charge on any atom is -0.497 e. The number of aliphatic hydroxyl groups excluding tert-OH is 1. The maximum atomic E-state index is 12.7. The van der Waals surface area contributed by atoms with E-state index in [0.29, 0.717) is 5.56 Å². The molecule has 0 unspecified atom stereocenters. The van der Waals surface area contributed by atoms with Gasteiger partial charge in [0, 0.05) is 28.4 Å².